The van der Waals surface area contributed by atoms with Crippen LogP contribution in [-0.4, -0.2) is 5.97 Å². The van der Waals surface area contributed by atoms with Gasteiger partial charge in [0.05, 0.1) is 5.97 Å². The van der Waals surface area contributed by atoms with E-state index in [0.29, 0.717) is 0 Å². The first-order chi connectivity index (χ1) is 4.27. The van der Waals surface area contributed by atoms with Gasteiger partial charge < -0.3 is 9.90 Å². The number of carbonyl (C=O) groups is 1. The standard InChI is InChI=1S/C7H12O2/c1-2-3-4-5-6-7(8)9/h5-6H,2-4H2,1H3,(H,8,9)/p-1. The van der Waals surface area contributed by atoms with Gasteiger partial charge in [-0.2, -0.15) is 0 Å². The molecular weight excluding hydrogens is 116 g/mol. The normalized spacial score (nSPS) is 10.3. The molecule has 0 rings (SSSR count). The second-order valence-electron chi connectivity index (χ2n) is 1.86. The third-order valence-electron chi connectivity index (χ3n) is 0.978. The smallest absolute Gasteiger partial charge is 0.0639 e. The van der Waals surface area contributed by atoms with Gasteiger partial charge in [0.25, 0.3) is 0 Å². The lowest BCUT2D eigenvalue weighted by Gasteiger charge is -1.90. The summed E-state index contributed by atoms with van der Waals surface area (Å²) in [6, 6.07) is 0. The van der Waals surface area contributed by atoms with Gasteiger partial charge in [-0.3, -0.25) is 0 Å². The lowest BCUT2D eigenvalue weighted by Crippen LogP contribution is -2.18. The van der Waals surface area contributed by atoms with E-state index in [1.807, 2.05) is 0 Å². The molecule has 0 saturated heterocycles. The Bertz CT molecular complexity index is 105. The Morgan fingerprint density at radius 1 is 1.67 bits per heavy atom. The van der Waals surface area contributed by atoms with Crippen LogP contribution < -0.4 is 5.11 Å². The monoisotopic (exact) mass is 127 g/mol. The van der Waals surface area contributed by atoms with Crippen LogP contribution in [0.2, 0.25) is 0 Å². The van der Waals surface area contributed by atoms with E-state index >= 15 is 0 Å². The van der Waals surface area contributed by atoms with Crippen LogP contribution >= 0.6 is 0 Å². The quantitative estimate of drug-likeness (QED) is 0.407. The molecule has 0 saturated carbocycles. The molecule has 0 aromatic carbocycles. The molecule has 2 heteroatoms. The van der Waals surface area contributed by atoms with Crippen molar-refractivity contribution in [3.63, 3.8) is 0 Å². The van der Waals surface area contributed by atoms with Crippen LogP contribution in [0.5, 0.6) is 0 Å². The fourth-order valence-electron chi connectivity index (χ4n) is 0.502. The predicted octanol–water partition coefficient (Wildman–Crippen LogP) is 0.483. The molecule has 0 aromatic rings. The number of carbonyl (C=O) groups excluding carboxylic acids is 1. The van der Waals surface area contributed by atoms with Gasteiger partial charge in [0.15, 0.2) is 0 Å². The predicted molar refractivity (Wildman–Crippen MR) is 33.7 cm³/mol. The topological polar surface area (TPSA) is 40.1 Å². The molecule has 0 unspecified atom stereocenters. The summed E-state index contributed by atoms with van der Waals surface area (Å²) in [6.07, 6.45) is 5.68. The molecule has 0 aliphatic carbocycles. The lowest BCUT2D eigenvalue weighted by atomic mass is 10.2. The zero-order valence-electron chi connectivity index (χ0n) is 5.59. The van der Waals surface area contributed by atoms with Crippen molar-refractivity contribution in [2.45, 2.75) is 26.2 Å². The number of carboxylic acids is 1. The molecule has 0 radical (unpaired) electrons. The summed E-state index contributed by atoms with van der Waals surface area (Å²) in [5.74, 6) is -1.11. The number of aliphatic carboxylic acids is 1. The lowest BCUT2D eigenvalue weighted by molar-refractivity contribution is -0.297. The zero-order chi connectivity index (χ0) is 7.11. The average Bonchev–Trinajstić information content (AvgIpc) is 1.80. The molecule has 0 spiro atoms. The molecule has 9 heavy (non-hydrogen) atoms. The molecule has 0 N–H and O–H groups in total. The molecule has 0 bridgehead atoms. The van der Waals surface area contributed by atoms with Crippen molar-refractivity contribution >= 4 is 5.97 Å². The number of carboxylic acid groups (broad SMARTS) is 1. The summed E-state index contributed by atoms with van der Waals surface area (Å²) in [5, 5.41) is 9.76. The SMILES string of the molecule is CCCCC=CC(=O)[O-]. The molecule has 0 amide bonds. The van der Waals surface area contributed by atoms with Crippen molar-refractivity contribution in [2.24, 2.45) is 0 Å². The van der Waals surface area contributed by atoms with E-state index in [0.717, 1.165) is 25.3 Å². The Hall–Kier alpha value is -0.790. The molecule has 0 aromatic heterocycles. The number of allylic oxidation sites excluding steroid dienone is 1. The van der Waals surface area contributed by atoms with E-state index in [1.54, 1.807) is 6.08 Å². The highest BCUT2D eigenvalue weighted by Crippen LogP contribution is 1.93. The van der Waals surface area contributed by atoms with Crippen molar-refractivity contribution in [1.82, 2.24) is 0 Å². The molecule has 0 fully saturated rings. The van der Waals surface area contributed by atoms with E-state index in [-0.39, 0.29) is 0 Å². The molecule has 2 nitrogen and oxygen atoms in total. The largest absolute Gasteiger partial charge is 0.545 e. The summed E-state index contributed by atoms with van der Waals surface area (Å²) in [7, 11) is 0. The van der Waals surface area contributed by atoms with E-state index in [9.17, 15) is 9.90 Å². The van der Waals surface area contributed by atoms with Crippen LogP contribution in [0.1, 0.15) is 26.2 Å². The van der Waals surface area contributed by atoms with Crippen molar-refractivity contribution in [3.05, 3.63) is 12.2 Å². The van der Waals surface area contributed by atoms with Gasteiger partial charge in [0, 0.05) is 0 Å². The minimum atomic E-state index is -1.11. The first-order valence-electron chi connectivity index (χ1n) is 3.15. The number of hydrogen-bond acceptors (Lipinski definition) is 2. The molecular formula is C7H11O2-. The molecule has 52 valence electrons. The minimum Gasteiger partial charge on any atom is -0.545 e. The van der Waals surface area contributed by atoms with E-state index < -0.39 is 5.97 Å². The highest BCUT2D eigenvalue weighted by atomic mass is 16.4. The van der Waals surface area contributed by atoms with Crippen molar-refractivity contribution in [2.75, 3.05) is 0 Å². The van der Waals surface area contributed by atoms with Crippen molar-refractivity contribution in [1.29, 1.82) is 0 Å². The Morgan fingerprint density at radius 2 is 2.33 bits per heavy atom. The highest BCUT2D eigenvalue weighted by Gasteiger charge is 1.76. The van der Waals surface area contributed by atoms with Crippen LogP contribution in [0.15, 0.2) is 12.2 Å². The van der Waals surface area contributed by atoms with Crippen LogP contribution in [0, 0.1) is 0 Å². The minimum absolute atomic E-state index is 0.838. The maximum Gasteiger partial charge on any atom is 0.0639 e. The number of hydrogen-bond donors (Lipinski definition) is 0. The summed E-state index contributed by atoms with van der Waals surface area (Å²) >= 11 is 0. The zero-order valence-corrected chi connectivity index (χ0v) is 5.59. The fourth-order valence-corrected chi connectivity index (χ4v) is 0.502. The van der Waals surface area contributed by atoms with Crippen molar-refractivity contribution in [3.8, 4) is 0 Å². The van der Waals surface area contributed by atoms with Gasteiger partial charge in [-0.1, -0.05) is 25.8 Å². The highest BCUT2D eigenvalue weighted by molar-refractivity contribution is 5.77. The molecule has 0 atom stereocenters. The van der Waals surface area contributed by atoms with E-state index in [2.05, 4.69) is 6.92 Å². The Balaban J connectivity index is 3.15. The van der Waals surface area contributed by atoms with Gasteiger partial charge >= 0.3 is 0 Å². The fraction of sp³-hybridized carbons (Fsp3) is 0.571. The number of rotatable bonds is 4. The summed E-state index contributed by atoms with van der Waals surface area (Å²) in [5.41, 5.74) is 0. The maximum absolute atomic E-state index is 9.76. The first kappa shape index (κ1) is 8.21. The van der Waals surface area contributed by atoms with Crippen LogP contribution in [0.25, 0.3) is 0 Å². The van der Waals surface area contributed by atoms with E-state index in [1.165, 1.54) is 0 Å². The van der Waals surface area contributed by atoms with Gasteiger partial charge in [0.2, 0.25) is 0 Å². The average molecular weight is 127 g/mol. The second kappa shape index (κ2) is 5.35. The van der Waals surface area contributed by atoms with Gasteiger partial charge in [-0.05, 0) is 12.5 Å². The van der Waals surface area contributed by atoms with Crippen molar-refractivity contribution < 1.29 is 9.90 Å². The third-order valence-corrected chi connectivity index (χ3v) is 0.978. The molecule has 0 aliphatic rings. The van der Waals surface area contributed by atoms with Crippen LogP contribution in [0.3, 0.4) is 0 Å². The first-order valence-corrected chi connectivity index (χ1v) is 3.15. The Morgan fingerprint density at radius 3 is 2.78 bits per heavy atom. The third kappa shape index (κ3) is 7.21. The van der Waals surface area contributed by atoms with Gasteiger partial charge in [0.1, 0.15) is 0 Å². The Kier molecular flexibility index (Phi) is 4.88. The number of unbranched alkanes of at least 4 members (excludes halogenated alkanes) is 2. The van der Waals surface area contributed by atoms with Crippen LogP contribution in [0.4, 0.5) is 0 Å². The van der Waals surface area contributed by atoms with Gasteiger partial charge in [-0.15, -0.1) is 0 Å². The maximum atomic E-state index is 9.76. The second-order valence-corrected chi connectivity index (χ2v) is 1.86. The Labute approximate surface area is 55.2 Å². The summed E-state index contributed by atoms with van der Waals surface area (Å²) in [4.78, 5) is 9.76. The molecule has 0 aliphatic heterocycles. The summed E-state index contributed by atoms with van der Waals surface area (Å²) < 4.78 is 0. The molecule has 0 heterocycles. The van der Waals surface area contributed by atoms with Crippen LogP contribution in [-0.2, 0) is 4.79 Å². The van der Waals surface area contributed by atoms with Gasteiger partial charge in [-0.25, -0.2) is 0 Å². The summed E-state index contributed by atoms with van der Waals surface area (Å²) in [6.45, 7) is 2.06. The van der Waals surface area contributed by atoms with E-state index in [4.69, 9.17) is 0 Å².